The predicted molar refractivity (Wildman–Crippen MR) is 72.9 cm³/mol. The fraction of sp³-hybridized carbons (Fsp3) is 0.133. The van der Waals surface area contributed by atoms with Crippen molar-refractivity contribution in [2.45, 2.75) is 6.61 Å². The summed E-state index contributed by atoms with van der Waals surface area (Å²) < 4.78 is 10.8. The van der Waals surface area contributed by atoms with Gasteiger partial charge in [-0.3, -0.25) is 0 Å². The van der Waals surface area contributed by atoms with Crippen LogP contribution in [0.5, 0.6) is 5.75 Å². The van der Waals surface area contributed by atoms with Crippen molar-refractivity contribution in [1.29, 1.82) is 5.26 Å². The van der Waals surface area contributed by atoms with Gasteiger partial charge in [0.2, 0.25) is 0 Å². The minimum atomic E-state index is 0.136. The van der Waals surface area contributed by atoms with E-state index in [9.17, 15) is 0 Å². The third kappa shape index (κ3) is 3.99. The Kier molecular flexibility index (Phi) is 4.79. The zero-order valence-electron chi connectivity index (χ0n) is 10.2. The lowest BCUT2D eigenvalue weighted by atomic mass is 10.2. The molecule has 0 aliphatic carbocycles. The summed E-state index contributed by atoms with van der Waals surface area (Å²) in [6.45, 7) is 0.627. The molecule has 0 aromatic heterocycles. The maximum atomic E-state index is 8.75. The van der Waals surface area contributed by atoms with Gasteiger partial charge in [0.1, 0.15) is 11.8 Å². The Morgan fingerprint density at radius 3 is 2.58 bits per heavy atom. The summed E-state index contributed by atoms with van der Waals surface area (Å²) >= 11 is 5.89. The normalized spacial score (nSPS) is 9.89. The van der Waals surface area contributed by atoms with E-state index >= 15 is 0 Å². The monoisotopic (exact) mass is 273 g/mol. The molecule has 0 fully saturated rings. The van der Waals surface area contributed by atoms with Crippen molar-refractivity contribution in [1.82, 2.24) is 0 Å². The topological polar surface area (TPSA) is 42.2 Å². The molecule has 4 heteroatoms. The maximum Gasteiger partial charge on any atom is 0.189 e. The minimum Gasteiger partial charge on any atom is -0.467 e. The van der Waals surface area contributed by atoms with Crippen LogP contribution < -0.4 is 4.74 Å². The van der Waals surface area contributed by atoms with Crippen molar-refractivity contribution in [3.8, 4) is 11.8 Å². The summed E-state index contributed by atoms with van der Waals surface area (Å²) in [5.41, 5.74) is 1.52. The van der Waals surface area contributed by atoms with Crippen LogP contribution in [-0.4, -0.2) is 6.79 Å². The van der Waals surface area contributed by atoms with Crippen molar-refractivity contribution in [2.75, 3.05) is 6.79 Å². The number of benzene rings is 2. The molecule has 2 aromatic carbocycles. The molecule has 0 aliphatic heterocycles. The van der Waals surface area contributed by atoms with Gasteiger partial charge in [-0.25, -0.2) is 0 Å². The van der Waals surface area contributed by atoms with E-state index in [1.165, 1.54) is 0 Å². The van der Waals surface area contributed by atoms with Gasteiger partial charge in [0.05, 0.1) is 17.2 Å². The lowest BCUT2D eigenvalue weighted by molar-refractivity contribution is 0.00505. The number of rotatable bonds is 5. The van der Waals surface area contributed by atoms with E-state index in [-0.39, 0.29) is 6.79 Å². The Morgan fingerprint density at radius 2 is 1.89 bits per heavy atom. The molecule has 0 radical (unpaired) electrons. The van der Waals surface area contributed by atoms with Crippen LogP contribution in [0.25, 0.3) is 0 Å². The average molecular weight is 274 g/mol. The van der Waals surface area contributed by atoms with Crippen molar-refractivity contribution in [2.24, 2.45) is 0 Å². The predicted octanol–water partition coefficient (Wildman–Crippen LogP) is 3.76. The zero-order chi connectivity index (χ0) is 13.5. The average Bonchev–Trinajstić information content (AvgIpc) is 2.45. The lowest BCUT2D eigenvalue weighted by Gasteiger charge is -2.08. The number of nitrogens with zero attached hydrogens (tertiary/aromatic N) is 1. The Balaban J connectivity index is 1.80. The van der Waals surface area contributed by atoms with Crippen LogP contribution >= 0.6 is 11.6 Å². The first-order valence-corrected chi connectivity index (χ1v) is 6.11. The van der Waals surface area contributed by atoms with Crippen LogP contribution in [0, 0.1) is 11.3 Å². The Bertz CT molecular complexity index is 578. The van der Waals surface area contributed by atoms with Crippen molar-refractivity contribution in [3.63, 3.8) is 0 Å². The van der Waals surface area contributed by atoms with Crippen molar-refractivity contribution in [3.05, 3.63) is 64.7 Å². The molecule has 2 aromatic rings. The number of hydrogen-bond donors (Lipinski definition) is 0. The standard InChI is InChI=1S/C15H12ClNO2/c16-15-8-14(7-6-13(15)9-17)19-11-18-10-12-4-2-1-3-5-12/h1-8H,10-11H2. The van der Waals surface area contributed by atoms with Crippen LogP contribution in [0.4, 0.5) is 0 Å². The van der Waals surface area contributed by atoms with E-state index in [1.807, 2.05) is 36.4 Å². The first kappa shape index (κ1) is 13.4. The van der Waals surface area contributed by atoms with Crippen molar-refractivity contribution < 1.29 is 9.47 Å². The van der Waals surface area contributed by atoms with Crippen LogP contribution in [0.2, 0.25) is 5.02 Å². The van der Waals surface area contributed by atoms with Gasteiger partial charge in [0.25, 0.3) is 0 Å². The molecule has 0 aliphatic rings. The van der Waals surface area contributed by atoms with Crippen LogP contribution in [0.15, 0.2) is 48.5 Å². The first-order chi connectivity index (χ1) is 9.29. The van der Waals surface area contributed by atoms with Gasteiger partial charge in [0, 0.05) is 6.07 Å². The van der Waals surface area contributed by atoms with E-state index < -0.39 is 0 Å². The van der Waals surface area contributed by atoms with Gasteiger partial charge >= 0.3 is 0 Å². The number of halogens is 1. The second kappa shape index (κ2) is 6.79. The molecule has 0 unspecified atom stereocenters. The number of ether oxygens (including phenoxy) is 2. The minimum absolute atomic E-state index is 0.136. The first-order valence-electron chi connectivity index (χ1n) is 5.74. The summed E-state index contributed by atoms with van der Waals surface area (Å²) in [5, 5.41) is 9.13. The molecule has 0 saturated heterocycles. The van der Waals surface area contributed by atoms with Gasteiger partial charge in [-0.15, -0.1) is 0 Å². The summed E-state index contributed by atoms with van der Waals surface area (Å²) in [6, 6.07) is 16.7. The van der Waals surface area contributed by atoms with Crippen LogP contribution in [0.3, 0.4) is 0 Å². The quantitative estimate of drug-likeness (QED) is 0.615. The molecule has 0 spiro atoms. The SMILES string of the molecule is N#Cc1ccc(OCOCc2ccccc2)cc1Cl. The van der Waals surface area contributed by atoms with Gasteiger partial charge in [-0.1, -0.05) is 41.9 Å². The largest absolute Gasteiger partial charge is 0.467 e. The highest BCUT2D eigenvalue weighted by atomic mass is 35.5. The van der Waals surface area contributed by atoms with E-state index in [0.717, 1.165) is 5.56 Å². The van der Waals surface area contributed by atoms with Gasteiger partial charge in [-0.2, -0.15) is 5.26 Å². The van der Waals surface area contributed by atoms with Gasteiger partial charge < -0.3 is 9.47 Å². The molecule has 0 amide bonds. The summed E-state index contributed by atoms with van der Waals surface area (Å²) in [4.78, 5) is 0. The van der Waals surface area contributed by atoms with E-state index in [2.05, 4.69) is 0 Å². The second-order valence-corrected chi connectivity index (χ2v) is 4.26. The Labute approximate surface area is 117 Å². The molecule has 96 valence electrons. The van der Waals surface area contributed by atoms with E-state index in [4.69, 9.17) is 26.3 Å². The highest BCUT2D eigenvalue weighted by Crippen LogP contribution is 2.21. The molecule has 19 heavy (non-hydrogen) atoms. The second-order valence-electron chi connectivity index (χ2n) is 3.85. The smallest absolute Gasteiger partial charge is 0.189 e. The Hall–Kier alpha value is -2.02. The molecule has 0 N–H and O–H groups in total. The highest BCUT2D eigenvalue weighted by Gasteiger charge is 2.01. The van der Waals surface area contributed by atoms with E-state index in [1.54, 1.807) is 18.2 Å². The van der Waals surface area contributed by atoms with Crippen molar-refractivity contribution >= 4 is 11.6 Å². The highest BCUT2D eigenvalue weighted by molar-refractivity contribution is 6.31. The zero-order valence-corrected chi connectivity index (χ0v) is 10.9. The fourth-order valence-corrected chi connectivity index (χ4v) is 1.73. The lowest BCUT2D eigenvalue weighted by Crippen LogP contribution is -2.03. The van der Waals surface area contributed by atoms with E-state index in [0.29, 0.717) is 22.9 Å². The molecule has 0 atom stereocenters. The molecule has 0 heterocycles. The van der Waals surface area contributed by atoms with Gasteiger partial charge in [-0.05, 0) is 17.7 Å². The molecule has 3 nitrogen and oxygen atoms in total. The summed E-state index contributed by atoms with van der Waals surface area (Å²) in [7, 11) is 0. The van der Waals surface area contributed by atoms with Crippen LogP contribution in [-0.2, 0) is 11.3 Å². The molecule has 0 bridgehead atoms. The molecule has 0 saturated carbocycles. The molecular formula is C15H12ClNO2. The van der Waals surface area contributed by atoms with Gasteiger partial charge in [0.15, 0.2) is 6.79 Å². The molecule has 2 rings (SSSR count). The summed E-state index contributed by atoms with van der Waals surface area (Å²) in [6.07, 6.45) is 0. The fourth-order valence-electron chi connectivity index (χ4n) is 1.52. The maximum absolute atomic E-state index is 8.75. The number of nitriles is 1. The third-order valence-corrected chi connectivity index (χ3v) is 2.79. The molecular weight excluding hydrogens is 262 g/mol. The third-order valence-electron chi connectivity index (χ3n) is 2.48. The Morgan fingerprint density at radius 1 is 1.11 bits per heavy atom. The summed E-state index contributed by atoms with van der Waals surface area (Å²) in [5.74, 6) is 0.581. The van der Waals surface area contributed by atoms with Crippen LogP contribution in [0.1, 0.15) is 11.1 Å². The number of hydrogen-bond acceptors (Lipinski definition) is 3.